The lowest BCUT2D eigenvalue weighted by Gasteiger charge is -2.30. The first-order valence-corrected chi connectivity index (χ1v) is 9.45. The van der Waals surface area contributed by atoms with Crippen molar-refractivity contribution in [3.63, 3.8) is 0 Å². The molecule has 2 aromatic carbocycles. The lowest BCUT2D eigenvalue weighted by atomic mass is 10.0. The first-order valence-electron chi connectivity index (χ1n) is 9.45. The fraction of sp³-hybridized carbons (Fsp3) is 0.381. The molecule has 0 saturated carbocycles. The van der Waals surface area contributed by atoms with E-state index in [1.165, 1.54) is 29.8 Å². The number of rotatable bonds is 11. The maximum Gasteiger partial charge on any atom is 0.269 e. The van der Waals surface area contributed by atoms with Crippen molar-refractivity contribution in [2.75, 3.05) is 26.2 Å². The molecule has 0 fully saturated rings. The highest BCUT2D eigenvalue weighted by atomic mass is 16.6. The highest BCUT2D eigenvalue weighted by molar-refractivity contribution is 5.77. The molecule has 2 rings (SSSR count). The minimum absolute atomic E-state index is 0.0141. The van der Waals surface area contributed by atoms with Crippen LogP contribution in [0.3, 0.4) is 0 Å². The summed E-state index contributed by atoms with van der Waals surface area (Å²) in [6.07, 6.45) is 0.853. The average molecular weight is 385 g/mol. The molecule has 1 N–H and O–H groups in total. The predicted molar refractivity (Wildman–Crippen MR) is 108 cm³/mol. The molecule has 0 spiro atoms. The van der Waals surface area contributed by atoms with Gasteiger partial charge in [0.2, 0.25) is 0 Å². The average Bonchev–Trinajstić information content (AvgIpc) is 2.72. The number of likely N-dealkylation sites (N-methyl/N-ethyl adjacent to an activating group) is 1. The van der Waals surface area contributed by atoms with Crippen molar-refractivity contribution in [1.29, 1.82) is 0 Å². The number of carbonyl (C=O) groups excluding carboxylic acids is 1. The Morgan fingerprint density at radius 3 is 2.32 bits per heavy atom. The molecule has 7 nitrogen and oxygen atoms in total. The molecule has 0 radical (unpaired) electrons. The van der Waals surface area contributed by atoms with Gasteiger partial charge in [0.1, 0.15) is 5.75 Å². The zero-order valence-corrected chi connectivity index (χ0v) is 16.3. The van der Waals surface area contributed by atoms with Crippen LogP contribution in [0.25, 0.3) is 0 Å². The van der Waals surface area contributed by atoms with E-state index >= 15 is 0 Å². The maximum atomic E-state index is 12.2. The van der Waals surface area contributed by atoms with Crippen LogP contribution < -0.4 is 10.1 Å². The fourth-order valence-electron chi connectivity index (χ4n) is 3.05. The first kappa shape index (κ1) is 21.4. The van der Waals surface area contributed by atoms with Crippen LogP contribution in [-0.2, 0) is 11.2 Å². The van der Waals surface area contributed by atoms with Gasteiger partial charge in [-0.05, 0) is 37.2 Å². The Morgan fingerprint density at radius 2 is 1.75 bits per heavy atom. The highest BCUT2D eigenvalue weighted by Crippen LogP contribution is 2.17. The zero-order valence-electron chi connectivity index (χ0n) is 16.3. The van der Waals surface area contributed by atoms with Gasteiger partial charge in [0.05, 0.1) is 4.92 Å². The van der Waals surface area contributed by atoms with Gasteiger partial charge in [0.15, 0.2) is 6.61 Å². The van der Waals surface area contributed by atoms with Crippen molar-refractivity contribution in [1.82, 2.24) is 10.2 Å². The topological polar surface area (TPSA) is 84.7 Å². The molecule has 0 saturated heterocycles. The van der Waals surface area contributed by atoms with Crippen molar-refractivity contribution in [2.24, 2.45) is 0 Å². The largest absolute Gasteiger partial charge is 0.484 e. The Kier molecular flexibility index (Phi) is 8.42. The van der Waals surface area contributed by atoms with Crippen LogP contribution >= 0.6 is 0 Å². The number of benzene rings is 2. The molecule has 0 aliphatic heterocycles. The van der Waals surface area contributed by atoms with Crippen molar-refractivity contribution < 1.29 is 14.5 Å². The number of non-ortho nitro benzene ring substituents is 1. The lowest BCUT2D eigenvalue weighted by molar-refractivity contribution is -0.384. The molecular formula is C21H27N3O4. The number of nitrogens with one attached hydrogen (secondary N) is 1. The van der Waals surface area contributed by atoms with E-state index in [0.717, 1.165) is 19.5 Å². The van der Waals surface area contributed by atoms with Gasteiger partial charge in [-0.25, -0.2) is 0 Å². The highest BCUT2D eigenvalue weighted by Gasteiger charge is 2.17. The van der Waals surface area contributed by atoms with Crippen LogP contribution in [0.5, 0.6) is 5.75 Å². The standard InChI is InChI=1S/C21H27N3O4/c1-3-23(4-2)19(14-17-8-6-5-7-9-17)15-22-21(25)16-28-20-12-10-18(11-13-20)24(26)27/h5-13,19H,3-4,14-16H2,1-2H3,(H,22,25). The summed E-state index contributed by atoms with van der Waals surface area (Å²) in [5.74, 6) is 0.203. The Hall–Kier alpha value is -2.93. The second-order valence-corrected chi connectivity index (χ2v) is 6.41. The molecule has 0 aliphatic rings. The maximum absolute atomic E-state index is 12.2. The van der Waals surface area contributed by atoms with Crippen LogP contribution in [0.2, 0.25) is 0 Å². The van der Waals surface area contributed by atoms with E-state index in [4.69, 9.17) is 4.74 Å². The molecule has 2 aromatic rings. The molecule has 0 aliphatic carbocycles. The van der Waals surface area contributed by atoms with Gasteiger partial charge >= 0.3 is 0 Å². The molecule has 0 aromatic heterocycles. The molecule has 28 heavy (non-hydrogen) atoms. The molecule has 150 valence electrons. The number of nitro groups is 1. The third kappa shape index (κ3) is 6.66. The van der Waals surface area contributed by atoms with E-state index in [1.54, 1.807) is 0 Å². The van der Waals surface area contributed by atoms with Gasteiger partial charge in [-0.1, -0.05) is 44.2 Å². The van der Waals surface area contributed by atoms with E-state index in [2.05, 4.69) is 36.2 Å². The minimum atomic E-state index is -0.476. The Bertz CT molecular complexity index is 746. The zero-order chi connectivity index (χ0) is 20.4. The van der Waals surface area contributed by atoms with E-state index < -0.39 is 4.92 Å². The van der Waals surface area contributed by atoms with Gasteiger partial charge in [-0.3, -0.25) is 19.8 Å². The molecule has 1 unspecified atom stereocenters. The summed E-state index contributed by atoms with van der Waals surface area (Å²) >= 11 is 0. The number of hydrogen-bond acceptors (Lipinski definition) is 5. The monoisotopic (exact) mass is 385 g/mol. The number of carbonyl (C=O) groups is 1. The summed E-state index contributed by atoms with van der Waals surface area (Å²) < 4.78 is 5.42. The van der Waals surface area contributed by atoms with Crippen LogP contribution in [0, 0.1) is 10.1 Å². The van der Waals surface area contributed by atoms with E-state index in [1.807, 2.05) is 18.2 Å². The summed E-state index contributed by atoms with van der Waals surface area (Å²) in [4.78, 5) is 24.7. The molecular weight excluding hydrogens is 358 g/mol. The number of nitro benzene ring substituents is 1. The minimum Gasteiger partial charge on any atom is -0.484 e. The van der Waals surface area contributed by atoms with E-state index in [-0.39, 0.29) is 24.2 Å². The molecule has 0 heterocycles. The molecule has 1 amide bonds. The Morgan fingerprint density at radius 1 is 1.11 bits per heavy atom. The molecule has 0 bridgehead atoms. The Balaban J connectivity index is 1.86. The van der Waals surface area contributed by atoms with Gasteiger partial charge in [0.25, 0.3) is 11.6 Å². The second-order valence-electron chi connectivity index (χ2n) is 6.41. The van der Waals surface area contributed by atoms with Gasteiger partial charge in [-0.2, -0.15) is 0 Å². The second kappa shape index (κ2) is 11.0. The van der Waals surface area contributed by atoms with Crippen LogP contribution in [0.1, 0.15) is 19.4 Å². The SMILES string of the molecule is CCN(CC)C(CNC(=O)COc1ccc([N+](=O)[O-])cc1)Cc1ccccc1. The fourth-order valence-corrected chi connectivity index (χ4v) is 3.05. The molecule has 1 atom stereocenters. The van der Waals surface area contributed by atoms with Crippen LogP contribution in [0.15, 0.2) is 54.6 Å². The number of nitrogens with zero attached hydrogens (tertiary/aromatic N) is 2. The first-order chi connectivity index (χ1) is 13.5. The number of hydrogen-bond donors (Lipinski definition) is 1. The smallest absolute Gasteiger partial charge is 0.269 e. The van der Waals surface area contributed by atoms with Crippen molar-refractivity contribution in [3.05, 3.63) is 70.3 Å². The third-order valence-electron chi connectivity index (χ3n) is 4.60. The summed E-state index contributed by atoms with van der Waals surface area (Å²) in [7, 11) is 0. The van der Waals surface area contributed by atoms with Gasteiger partial charge in [0, 0.05) is 24.7 Å². The Labute approximate surface area is 165 Å². The van der Waals surface area contributed by atoms with E-state index in [9.17, 15) is 14.9 Å². The predicted octanol–water partition coefficient (Wildman–Crippen LogP) is 3.04. The summed E-state index contributed by atoms with van der Waals surface area (Å²) in [5, 5.41) is 13.6. The van der Waals surface area contributed by atoms with Crippen molar-refractivity contribution >= 4 is 11.6 Å². The van der Waals surface area contributed by atoms with Crippen LogP contribution in [-0.4, -0.2) is 48.0 Å². The van der Waals surface area contributed by atoms with E-state index in [0.29, 0.717) is 12.3 Å². The van der Waals surface area contributed by atoms with Crippen molar-refractivity contribution in [2.45, 2.75) is 26.3 Å². The summed E-state index contributed by atoms with van der Waals surface area (Å²) in [5.41, 5.74) is 1.22. The number of ether oxygens (including phenoxy) is 1. The van der Waals surface area contributed by atoms with Crippen LogP contribution in [0.4, 0.5) is 5.69 Å². The molecule has 7 heteroatoms. The quantitative estimate of drug-likeness (QED) is 0.475. The van der Waals surface area contributed by atoms with Gasteiger partial charge in [-0.15, -0.1) is 0 Å². The lowest BCUT2D eigenvalue weighted by Crippen LogP contribution is -2.46. The summed E-state index contributed by atoms with van der Waals surface area (Å²) in [6, 6.07) is 16.1. The number of amides is 1. The third-order valence-corrected chi connectivity index (χ3v) is 4.60. The van der Waals surface area contributed by atoms with Gasteiger partial charge < -0.3 is 10.1 Å². The summed E-state index contributed by atoms with van der Waals surface area (Å²) in [6.45, 7) is 6.43. The van der Waals surface area contributed by atoms with Crippen molar-refractivity contribution in [3.8, 4) is 5.75 Å². The normalized spacial score (nSPS) is 11.8.